The van der Waals surface area contributed by atoms with Crippen molar-refractivity contribution in [3.05, 3.63) is 41.5 Å². The van der Waals surface area contributed by atoms with Crippen molar-refractivity contribution in [2.75, 3.05) is 37.7 Å². The highest BCUT2D eigenvalue weighted by Crippen LogP contribution is 2.44. The van der Waals surface area contributed by atoms with E-state index in [1.807, 2.05) is 4.90 Å². The third kappa shape index (κ3) is 5.02. The number of phenols is 1. The molecule has 1 N–H and O–H groups in total. The van der Waals surface area contributed by atoms with E-state index in [2.05, 4.69) is 15.0 Å². The summed E-state index contributed by atoms with van der Waals surface area (Å²) in [6.45, 7) is 2.25. The van der Waals surface area contributed by atoms with Crippen molar-refractivity contribution >= 4 is 27.5 Å². The maximum Gasteiger partial charge on any atom is 0.405 e. The summed E-state index contributed by atoms with van der Waals surface area (Å²) in [6.07, 6.45) is -3.97. The third-order valence-electron chi connectivity index (χ3n) is 9.11. The number of ether oxygens (including phenoxy) is 2. The number of pyridine rings is 1. The van der Waals surface area contributed by atoms with Crippen molar-refractivity contribution in [1.29, 1.82) is 0 Å². The van der Waals surface area contributed by atoms with Gasteiger partial charge in [-0.05, 0) is 67.8 Å². The van der Waals surface area contributed by atoms with E-state index in [0.29, 0.717) is 18.4 Å². The maximum absolute atomic E-state index is 16.7. The van der Waals surface area contributed by atoms with E-state index in [1.165, 1.54) is 38.1 Å². The number of aryl methyl sites for hydroxylation is 1. The lowest BCUT2D eigenvalue weighted by molar-refractivity contribution is -0.120. The highest BCUT2D eigenvalue weighted by Gasteiger charge is 2.49. The molecule has 2 fully saturated rings. The van der Waals surface area contributed by atoms with E-state index < -0.39 is 47.6 Å². The molecule has 0 spiro atoms. The van der Waals surface area contributed by atoms with Crippen LogP contribution in [-0.4, -0.2) is 81.7 Å². The summed E-state index contributed by atoms with van der Waals surface area (Å²) < 4.78 is 99.1. The standard InChI is InChI=1S/C31H29F6N5O3/c1-15-12-44-28-23-26(24(34)25(38-28)20-9-19(43)8-17-4-5-21(33)16(2)22(17)20)39-29(40-27(23)42(15)13-31(35,36)37)45-14-30-6-3-7-41(30)11-18(32)10-30/h4-5,8-9,15,18,43H,3,6-7,10-14H2,1-2H3/t15-,18+,30-/m0/s1. The van der Waals surface area contributed by atoms with Gasteiger partial charge in [0, 0.05) is 18.5 Å². The topological polar surface area (TPSA) is 83.8 Å². The van der Waals surface area contributed by atoms with Crippen LogP contribution >= 0.6 is 0 Å². The van der Waals surface area contributed by atoms with Gasteiger partial charge in [-0.1, -0.05) is 6.07 Å². The Morgan fingerprint density at radius 3 is 2.71 bits per heavy atom. The zero-order valence-electron chi connectivity index (χ0n) is 24.4. The minimum Gasteiger partial charge on any atom is -0.508 e. The Morgan fingerprint density at radius 2 is 1.93 bits per heavy atom. The van der Waals surface area contributed by atoms with Gasteiger partial charge in [0.15, 0.2) is 5.82 Å². The molecule has 4 aromatic rings. The summed E-state index contributed by atoms with van der Waals surface area (Å²) in [7, 11) is 0. The smallest absolute Gasteiger partial charge is 0.405 e. The number of rotatable bonds is 5. The first-order chi connectivity index (χ1) is 21.3. The van der Waals surface area contributed by atoms with Gasteiger partial charge in [-0.3, -0.25) is 4.90 Å². The fraction of sp³-hybridized carbons (Fsp3) is 0.452. The predicted octanol–water partition coefficient (Wildman–Crippen LogP) is 6.24. The molecule has 0 unspecified atom stereocenters. The van der Waals surface area contributed by atoms with E-state index in [0.717, 1.165) is 11.3 Å². The second-order valence-corrected chi connectivity index (χ2v) is 12.2. The van der Waals surface area contributed by atoms with Crippen LogP contribution in [-0.2, 0) is 0 Å². The van der Waals surface area contributed by atoms with Gasteiger partial charge in [0.05, 0.1) is 11.6 Å². The van der Waals surface area contributed by atoms with Crippen molar-refractivity contribution in [2.24, 2.45) is 0 Å². The molecule has 2 aromatic heterocycles. The first-order valence-electron chi connectivity index (χ1n) is 14.6. The third-order valence-corrected chi connectivity index (χ3v) is 9.11. The van der Waals surface area contributed by atoms with Crippen LogP contribution in [0.15, 0.2) is 24.3 Å². The molecule has 3 atom stereocenters. The molecule has 45 heavy (non-hydrogen) atoms. The molecule has 0 radical (unpaired) electrons. The van der Waals surface area contributed by atoms with Gasteiger partial charge in [-0.25, -0.2) is 18.2 Å². The predicted molar refractivity (Wildman–Crippen MR) is 153 cm³/mol. The van der Waals surface area contributed by atoms with Gasteiger partial charge < -0.3 is 19.5 Å². The molecular weight excluding hydrogens is 604 g/mol. The van der Waals surface area contributed by atoms with Crippen molar-refractivity contribution in [3.63, 3.8) is 0 Å². The quantitative estimate of drug-likeness (QED) is 0.259. The Morgan fingerprint density at radius 1 is 1.13 bits per heavy atom. The van der Waals surface area contributed by atoms with Gasteiger partial charge >= 0.3 is 12.2 Å². The molecule has 0 amide bonds. The van der Waals surface area contributed by atoms with Crippen molar-refractivity contribution in [3.8, 4) is 28.9 Å². The monoisotopic (exact) mass is 633 g/mol. The van der Waals surface area contributed by atoms with Crippen LogP contribution in [0.1, 0.15) is 31.7 Å². The number of nitrogens with zero attached hydrogens (tertiary/aromatic N) is 5. The van der Waals surface area contributed by atoms with E-state index in [9.17, 15) is 27.1 Å². The minimum atomic E-state index is -4.64. The average molecular weight is 634 g/mol. The zero-order valence-corrected chi connectivity index (χ0v) is 24.4. The van der Waals surface area contributed by atoms with Crippen LogP contribution < -0.4 is 14.4 Å². The molecular formula is C31H29F6N5O3. The first kappa shape index (κ1) is 29.6. The molecule has 2 saturated heterocycles. The highest BCUT2D eigenvalue weighted by atomic mass is 19.4. The second-order valence-electron chi connectivity index (χ2n) is 12.2. The van der Waals surface area contributed by atoms with Crippen LogP contribution in [0.4, 0.5) is 32.2 Å². The number of fused-ring (bicyclic) bond motifs is 2. The summed E-state index contributed by atoms with van der Waals surface area (Å²) in [4.78, 5) is 16.0. The van der Waals surface area contributed by atoms with Crippen LogP contribution in [0.3, 0.4) is 0 Å². The lowest BCUT2D eigenvalue weighted by Crippen LogP contribution is -2.44. The normalized spacial score (nSPS) is 23.4. The van der Waals surface area contributed by atoms with E-state index in [1.54, 1.807) is 0 Å². The Hall–Kier alpha value is -4.07. The van der Waals surface area contributed by atoms with Crippen LogP contribution in [0, 0.1) is 18.6 Å². The Labute approximate surface area is 253 Å². The number of benzene rings is 2. The zero-order chi connectivity index (χ0) is 31.8. The molecule has 0 aliphatic carbocycles. The molecule has 2 aromatic carbocycles. The first-order valence-corrected chi connectivity index (χ1v) is 14.6. The molecule has 238 valence electrons. The molecule has 7 rings (SSSR count). The Bertz CT molecular complexity index is 1840. The Kier molecular flexibility index (Phi) is 6.91. The van der Waals surface area contributed by atoms with Gasteiger partial charge in [0.2, 0.25) is 5.88 Å². The van der Waals surface area contributed by atoms with Gasteiger partial charge in [-0.2, -0.15) is 23.1 Å². The molecule has 8 nitrogen and oxygen atoms in total. The SMILES string of the molecule is Cc1c(F)ccc2cc(O)cc(-c3nc4c5c(nc(OC[C@@]67CCCN6C[C@H](F)C7)nc5c3F)N(CC(F)(F)F)[C@@H](C)CO4)c12. The van der Waals surface area contributed by atoms with E-state index >= 15 is 4.39 Å². The van der Waals surface area contributed by atoms with Crippen LogP contribution in [0.5, 0.6) is 17.6 Å². The summed E-state index contributed by atoms with van der Waals surface area (Å²) in [5.74, 6) is -2.35. The fourth-order valence-electron chi connectivity index (χ4n) is 7.02. The molecule has 14 heteroatoms. The van der Waals surface area contributed by atoms with Crippen molar-refractivity contribution in [2.45, 2.75) is 57.0 Å². The lowest BCUT2D eigenvalue weighted by atomic mass is 9.95. The molecule has 0 bridgehead atoms. The van der Waals surface area contributed by atoms with Gasteiger partial charge in [-0.15, -0.1) is 0 Å². The summed E-state index contributed by atoms with van der Waals surface area (Å²) in [6, 6.07) is 4.03. The Balaban J connectivity index is 1.44. The van der Waals surface area contributed by atoms with E-state index in [-0.39, 0.29) is 77.2 Å². The summed E-state index contributed by atoms with van der Waals surface area (Å²) in [5.41, 5.74) is -1.18. The van der Waals surface area contributed by atoms with Crippen molar-refractivity contribution < 1.29 is 40.9 Å². The minimum absolute atomic E-state index is 0.0359. The van der Waals surface area contributed by atoms with Gasteiger partial charge in [0.25, 0.3) is 0 Å². The van der Waals surface area contributed by atoms with Crippen LogP contribution in [0.25, 0.3) is 32.9 Å². The number of aromatic nitrogens is 3. The largest absolute Gasteiger partial charge is 0.508 e. The molecule has 0 saturated carbocycles. The maximum atomic E-state index is 16.7. The van der Waals surface area contributed by atoms with Crippen molar-refractivity contribution in [1.82, 2.24) is 19.9 Å². The number of alkyl halides is 4. The molecule has 5 heterocycles. The van der Waals surface area contributed by atoms with Crippen LogP contribution in [0.2, 0.25) is 0 Å². The molecule has 3 aliphatic heterocycles. The average Bonchev–Trinajstić information content (AvgIpc) is 3.47. The summed E-state index contributed by atoms with van der Waals surface area (Å²) in [5, 5.41) is 11.0. The summed E-state index contributed by atoms with van der Waals surface area (Å²) >= 11 is 0. The molecule has 3 aliphatic rings. The number of hydrogen-bond acceptors (Lipinski definition) is 8. The van der Waals surface area contributed by atoms with Gasteiger partial charge in [0.1, 0.15) is 59.9 Å². The van der Waals surface area contributed by atoms with E-state index in [4.69, 9.17) is 9.47 Å². The number of aromatic hydroxyl groups is 1. The fourth-order valence-corrected chi connectivity index (χ4v) is 7.02. The number of hydrogen-bond donors (Lipinski definition) is 1. The number of halogens is 6. The number of anilines is 1. The lowest BCUT2D eigenvalue weighted by Gasteiger charge is -2.31. The highest BCUT2D eigenvalue weighted by molar-refractivity contribution is 6.03. The second kappa shape index (κ2) is 10.5. The number of phenolic OH excluding ortho intramolecular Hbond substituents is 1.